The van der Waals surface area contributed by atoms with Gasteiger partial charge in [-0.05, 0) is 36.1 Å². The number of rotatable bonds is 4. The van der Waals surface area contributed by atoms with E-state index in [9.17, 15) is 9.59 Å². The Kier molecular flexibility index (Phi) is 5.45. The van der Waals surface area contributed by atoms with Gasteiger partial charge in [0.25, 0.3) is 0 Å². The van der Waals surface area contributed by atoms with Crippen LogP contribution in [0.5, 0.6) is 0 Å². The highest BCUT2D eigenvalue weighted by Crippen LogP contribution is 2.23. The van der Waals surface area contributed by atoms with Gasteiger partial charge in [0.2, 0.25) is 5.78 Å². The zero-order valence-electron chi connectivity index (χ0n) is 14.3. The summed E-state index contributed by atoms with van der Waals surface area (Å²) in [5.74, 6) is -0.796. The van der Waals surface area contributed by atoms with Crippen LogP contribution >= 0.6 is 11.6 Å². The van der Waals surface area contributed by atoms with Crippen molar-refractivity contribution in [3.8, 4) is 0 Å². The van der Waals surface area contributed by atoms with Crippen LogP contribution in [0.3, 0.4) is 0 Å². The van der Waals surface area contributed by atoms with Crippen molar-refractivity contribution in [1.82, 2.24) is 0 Å². The van der Waals surface area contributed by atoms with E-state index < -0.39 is 12.1 Å². The van der Waals surface area contributed by atoms with Crippen molar-refractivity contribution < 1.29 is 14.3 Å². The van der Waals surface area contributed by atoms with Crippen molar-refractivity contribution in [2.45, 2.75) is 39.2 Å². The molecule has 0 amide bonds. The highest BCUT2D eigenvalue weighted by molar-refractivity contribution is 6.30. The lowest BCUT2D eigenvalue weighted by atomic mass is 9.86. The molecule has 126 valence electrons. The summed E-state index contributed by atoms with van der Waals surface area (Å²) in [5, 5.41) is 0.446. The van der Waals surface area contributed by atoms with Gasteiger partial charge in [-0.2, -0.15) is 0 Å². The standard InChI is InChI=1S/C20H21ClO3/c1-13(24-19(23)15-6-5-7-17(21)12-15)18(22)14-8-10-16(11-9-14)20(2,3)4/h5-13H,1-4H3/t13-/m1/s1. The molecule has 1 atom stereocenters. The lowest BCUT2D eigenvalue weighted by molar-refractivity contribution is 0.0319. The summed E-state index contributed by atoms with van der Waals surface area (Å²) in [7, 11) is 0. The lowest BCUT2D eigenvalue weighted by Gasteiger charge is -2.19. The first-order valence-corrected chi connectivity index (χ1v) is 8.17. The van der Waals surface area contributed by atoms with Gasteiger partial charge in [-0.15, -0.1) is 0 Å². The molecule has 3 nitrogen and oxygen atoms in total. The van der Waals surface area contributed by atoms with Crippen LogP contribution in [0.15, 0.2) is 48.5 Å². The molecule has 0 radical (unpaired) electrons. The Morgan fingerprint density at radius 3 is 2.17 bits per heavy atom. The van der Waals surface area contributed by atoms with Crippen molar-refractivity contribution in [2.75, 3.05) is 0 Å². The van der Waals surface area contributed by atoms with E-state index in [4.69, 9.17) is 16.3 Å². The maximum atomic E-state index is 12.4. The molecule has 0 unspecified atom stereocenters. The molecule has 24 heavy (non-hydrogen) atoms. The molecule has 0 N–H and O–H groups in total. The van der Waals surface area contributed by atoms with Gasteiger partial charge in [-0.25, -0.2) is 4.79 Å². The van der Waals surface area contributed by atoms with E-state index in [1.165, 1.54) is 6.07 Å². The lowest BCUT2D eigenvalue weighted by Crippen LogP contribution is -2.24. The summed E-state index contributed by atoms with van der Waals surface area (Å²) >= 11 is 5.86. The summed E-state index contributed by atoms with van der Waals surface area (Å²) in [6.07, 6.45) is -0.864. The largest absolute Gasteiger partial charge is 0.451 e. The van der Waals surface area contributed by atoms with Crippen LogP contribution in [0, 0.1) is 0 Å². The van der Waals surface area contributed by atoms with Crippen LogP contribution in [0.2, 0.25) is 5.02 Å². The Morgan fingerprint density at radius 2 is 1.62 bits per heavy atom. The zero-order chi connectivity index (χ0) is 17.9. The Balaban J connectivity index is 2.08. The monoisotopic (exact) mass is 344 g/mol. The van der Waals surface area contributed by atoms with Gasteiger partial charge in [-0.1, -0.05) is 62.7 Å². The second kappa shape index (κ2) is 7.18. The number of carbonyl (C=O) groups is 2. The third-order valence-electron chi connectivity index (χ3n) is 3.75. The van der Waals surface area contributed by atoms with Crippen LogP contribution in [0.4, 0.5) is 0 Å². The van der Waals surface area contributed by atoms with Gasteiger partial charge >= 0.3 is 5.97 Å². The van der Waals surface area contributed by atoms with Crippen LogP contribution in [-0.4, -0.2) is 17.9 Å². The van der Waals surface area contributed by atoms with Crippen molar-refractivity contribution in [2.24, 2.45) is 0 Å². The van der Waals surface area contributed by atoms with Crippen LogP contribution in [0.25, 0.3) is 0 Å². The minimum Gasteiger partial charge on any atom is -0.451 e. The van der Waals surface area contributed by atoms with Gasteiger partial charge in [-0.3, -0.25) is 4.79 Å². The summed E-state index contributed by atoms with van der Waals surface area (Å²) in [5.41, 5.74) is 2.01. The molecule has 2 aromatic rings. The molecular weight excluding hydrogens is 324 g/mol. The number of halogens is 1. The number of hydrogen-bond donors (Lipinski definition) is 0. The Bertz CT molecular complexity index is 742. The molecule has 0 saturated carbocycles. The molecule has 0 saturated heterocycles. The summed E-state index contributed by atoms with van der Waals surface area (Å²) in [6.45, 7) is 7.90. The van der Waals surface area contributed by atoms with Crippen LogP contribution < -0.4 is 0 Å². The second-order valence-corrected chi connectivity index (χ2v) is 7.19. The molecule has 0 heterocycles. The van der Waals surface area contributed by atoms with Gasteiger partial charge < -0.3 is 4.74 Å². The van der Waals surface area contributed by atoms with Gasteiger partial charge in [0.05, 0.1) is 5.56 Å². The van der Waals surface area contributed by atoms with Gasteiger partial charge in [0.1, 0.15) is 0 Å². The van der Waals surface area contributed by atoms with E-state index in [2.05, 4.69) is 20.8 Å². The fraction of sp³-hybridized carbons (Fsp3) is 0.300. The number of hydrogen-bond acceptors (Lipinski definition) is 3. The number of Topliss-reactive ketones (excluding diaryl/α,β-unsaturated/α-hetero) is 1. The fourth-order valence-corrected chi connectivity index (χ4v) is 2.46. The Labute approximate surface area is 147 Å². The number of carbonyl (C=O) groups excluding carboxylic acids is 2. The number of ketones is 1. The molecule has 4 heteroatoms. The second-order valence-electron chi connectivity index (χ2n) is 6.75. The SMILES string of the molecule is C[C@@H](OC(=O)c1cccc(Cl)c1)C(=O)c1ccc(C(C)(C)C)cc1. The third-order valence-corrected chi connectivity index (χ3v) is 3.98. The molecule has 0 aliphatic heterocycles. The predicted molar refractivity (Wildman–Crippen MR) is 95.8 cm³/mol. The fourth-order valence-electron chi connectivity index (χ4n) is 2.27. The first kappa shape index (κ1) is 18.2. The minimum atomic E-state index is -0.864. The van der Waals surface area contributed by atoms with E-state index >= 15 is 0 Å². The van der Waals surface area contributed by atoms with Crippen molar-refractivity contribution in [3.05, 3.63) is 70.2 Å². The number of ether oxygens (including phenoxy) is 1. The topological polar surface area (TPSA) is 43.4 Å². The van der Waals surface area contributed by atoms with E-state index in [1.807, 2.05) is 12.1 Å². The Morgan fingerprint density at radius 1 is 1.00 bits per heavy atom. The molecule has 0 fully saturated rings. The number of benzene rings is 2. The Hall–Kier alpha value is -2.13. The number of esters is 1. The summed E-state index contributed by atoms with van der Waals surface area (Å²) in [6, 6.07) is 13.8. The van der Waals surface area contributed by atoms with E-state index in [-0.39, 0.29) is 11.2 Å². The highest BCUT2D eigenvalue weighted by atomic mass is 35.5. The quantitative estimate of drug-likeness (QED) is 0.574. The molecule has 2 aromatic carbocycles. The van der Waals surface area contributed by atoms with Crippen LogP contribution in [0.1, 0.15) is 54.0 Å². The maximum absolute atomic E-state index is 12.4. The molecule has 0 aliphatic rings. The summed E-state index contributed by atoms with van der Waals surface area (Å²) in [4.78, 5) is 24.5. The van der Waals surface area contributed by atoms with Gasteiger partial charge in [0.15, 0.2) is 6.10 Å². The van der Waals surface area contributed by atoms with E-state index in [1.54, 1.807) is 37.3 Å². The van der Waals surface area contributed by atoms with E-state index in [0.717, 1.165) is 5.56 Å². The molecule has 0 bridgehead atoms. The molecule has 0 aromatic heterocycles. The zero-order valence-corrected chi connectivity index (χ0v) is 15.1. The first-order valence-electron chi connectivity index (χ1n) is 7.80. The molecule has 0 aliphatic carbocycles. The highest BCUT2D eigenvalue weighted by Gasteiger charge is 2.21. The van der Waals surface area contributed by atoms with E-state index in [0.29, 0.717) is 16.1 Å². The molecular formula is C20H21ClO3. The van der Waals surface area contributed by atoms with Crippen molar-refractivity contribution >= 4 is 23.4 Å². The normalized spacial score (nSPS) is 12.5. The van der Waals surface area contributed by atoms with Crippen molar-refractivity contribution in [3.63, 3.8) is 0 Å². The van der Waals surface area contributed by atoms with Crippen molar-refractivity contribution in [1.29, 1.82) is 0 Å². The van der Waals surface area contributed by atoms with Gasteiger partial charge in [0, 0.05) is 10.6 Å². The third kappa shape index (κ3) is 4.45. The average molecular weight is 345 g/mol. The predicted octanol–water partition coefficient (Wildman–Crippen LogP) is 5.07. The maximum Gasteiger partial charge on any atom is 0.338 e. The van der Waals surface area contributed by atoms with Crippen LogP contribution in [-0.2, 0) is 10.2 Å². The average Bonchev–Trinajstić information content (AvgIpc) is 2.53. The summed E-state index contributed by atoms with van der Waals surface area (Å²) < 4.78 is 5.26. The molecule has 0 spiro atoms. The minimum absolute atomic E-state index is 0.0201. The first-order chi connectivity index (χ1) is 11.2. The molecule has 2 rings (SSSR count). The smallest absolute Gasteiger partial charge is 0.338 e.